The van der Waals surface area contributed by atoms with Crippen LogP contribution in [0.5, 0.6) is 0 Å². The fourth-order valence-corrected chi connectivity index (χ4v) is 24.7. The summed E-state index contributed by atoms with van der Waals surface area (Å²) in [6.07, 6.45) is 4.82. The van der Waals surface area contributed by atoms with E-state index in [2.05, 4.69) is 79.0 Å². The second-order valence-corrected chi connectivity index (χ2v) is 28.1. The molecule has 0 amide bonds. The Labute approximate surface area is 252 Å². The summed E-state index contributed by atoms with van der Waals surface area (Å²) < 4.78 is 26.6. The van der Waals surface area contributed by atoms with Crippen molar-refractivity contribution in [1.29, 1.82) is 0 Å². The van der Waals surface area contributed by atoms with Gasteiger partial charge in [-0.3, -0.25) is 0 Å². The lowest BCUT2D eigenvalue weighted by Crippen LogP contribution is -2.59. The van der Waals surface area contributed by atoms with Crippen LogP contribution in [0, 0.1) is 0 Å². The third-order valence-corrected chi connectivity index (χ3v) is 23.5. The maximum atomic E-state index is 6.81. The van der Waals surface area contributed by atoms with Gasteiger partial charge in [-0.05, 0) is 58.4 Å². The molecule has 0 saturated heterocycles. The highest BCUT2D eigenvalue weighted by molar-refractivity contribution is 6.93. The van der Waals surface area contributed by atoms with E-state index in [9.17, 15) is 0 Å². The smallest absolute Gasteiger partial charge is 0.342 e. The predicted molar refractivity (Wildman–Crippen MR) is 200 cm³/mol. The van der Waals surface area contributed by atoms with E-state index in [1.165, 1.54) is 19.3 Å². The number of unbranched alkanes of at least 4 members (excludes halogenated alkanes) is 3. The van der Waals surface area contributed by atoms with Gasteiger partial charge in [0.05, 0.1) is 0 Å². The molecule has 0 saturated carbocycles. The maximum absolute atomic E-state index is 6.81. The van der Waals surface area contributed by atoms with Crippen molar-refractivity contribution in [2.24, 2.45) is 0 Å². The molecule has 9 heteroatoms. The first-order chi connectivity index (χ1) is 13.1. The quantitative estimate of drug-likeness (QED) is 0.125. The predicted octanol–water partition coefficient (Wildman–Crippen LogP) is 12.8. The van der Waals surface area contributed by atoms with Crippen LogP contribution >= 0.6 is 0 Å². The van der Waals surface area contributed by atoms with Crippen molar-refractivity contribution in [3.8, 4) is 0 Å². The molecule has 0 aliphatic heterocycles. The van der Waals surface area contributed by atoms with E-state index in [0.29, 0.717) is 0 Å². The molecule has 242 valence electrons. The highest BCUT2D eigenvalue weighted by Gasteiger charge is 2.47. The van der Waals surface area contributed by atoms with E-state index in [1.54, 1.807) is 0 Å². The lowest BCUT2D eigenvalue weighted by molar-refractivity contribution is 0.298. The van der Waals surface area contributed by atoms with Gasteiger partial charge in [-0.2, -0.15) is 0 Å². The van der Waals surface area contributed by atoms with Crippen LogP contribution in [0.2, 0.25) is 58.4 Å². The topological polar surface area (TPSA) is 36.9 Å². The average Bonchev–Trinajstić information content (AvgIpc) is 2.56. The first-order valence-corrected chi connectivity index (χ1v) is 24.5. The number of hydrogen-bond donors (Lipinski definition) is 0. The first kappa shape index (κ1) is 66.4. The van der Waals surface area contributed by atoms with Crippen molar-refractivity contribution < 1.29 is 16.5 Å². The normalized spacial score (nSPS) is 13.2. The first-order valence-electron chi connectivity index (χ1n) is 10.8. The Morgan fingerprint density at radius 2 is 0.895 bits per heavy atom. The zero-order valence-corrected chi connectivity index (χ0v) is 25.5. The molecular formula is C29H82O4Si5. The van der Waals surface area contributed by atoms with Crippen molar-refractivity contribution in [2.75, 3.05) is 0 Å². The van der Waals surface area contributed by atoms with Gasteiger partial charge in [-0.15, -0.1) is 19.7 Å². The minimum absolute atomic E-state index is 0. The zero-order chi connectivity index (χ0) is 23.0. The summed E-state index contributed by atoms with van der Waals surface area (Å²) in [6, 6.07) is 0.983. The third kappa shape index (κ3) is 27.7. The molecule has 38 heavy (non-hydrogen) atoms. The van der Waals surface area contributed by atoms with Crippen LogP contribution in [0.15, 0.2) is 36.8 Å². The Bertz CT molecular complexity index is 557. The minimum Gasteiger partial charge on any atom is -0.433 e. The van der Waals surface area contributed by atoms with Crippen molar-refractivity contribution in [1.82, 2.24) is 0 Å². The molecule has 0 radical (unpaired) electrons. The van der Waals surface area contributed by atoms with Gasteiger partial charge < -0.3 is 16.5 Å². The molecule has 0 aromatic rings. The van der Waals surface area contributed by atoms with E-state index in [4.69, 9.17) is 16.5 Å². The van der Waals surface area contributed by atoms with E-state index >= 15 is 0 Å². The summed E-state index contributed by atoms with van der Waals surface area (Å²) in [6.45, 7) is 31.3. The molecule has 0 bridgehead atoms. The number of rotatable bonds is 16. The van der Waals surface area contributed by atoms with Gasteiger partial charge in [0.1, 0.15) is 0 Å². The molecular weight excluding hydrogens is 553 g/mol. The summed E-state index contributed by atoms with van der Waals surface area (Å²) in [7, 11) is -11.5. The number of hydrogen-bond acceptors (Lipinski definition) is 4. The lowest BCUT2D eigenvalue weighted by atomic mass is 10.2. The van der Waals surface area contributed by atoms with Crippen LogP contribution in [-0.2, 0) is 16.5 Å². The van der Waals surface area contributed by atoms with Gasteiger partial charge in [0.25, 0.3) is 0 Å². The van der Waals surface area contributed by atoms with Crippen LogP contribution in [0.3, 0.4) is 0 Å². The molecule has 0 heterocycles. The average molecular weight is 635 g/mol. The fourth-order valence-electron chi connectivity index (χ4n) is 3.29. The van der Waals surface area contributed by atoms with E-state index in [0.717, 1.165) is 12.5 Å². The van der Waals surface area contributed by atoms with Gasteiger partial charge >= 0.3 is 25.7 Å². The van der Waals surface area contributed by atoms with E-state index in [1.807, 2.05) is 17.1 Å². The molecule has 0 aliphatic rings. The Morgan fingerprint density at radius 3 is 1.24 bits per heavy atom. The Kier molecular flexibility index (Phi) is 47.8. The monoisotopic (exact) mass is 635 g/mol. The summed E-state index contributed by atoms with van der Waals surface area (Å²) in [5.74, 6) is 0. The van der Waals surface area contributed by atoms with Crippen LogP contribution in [0.1, 0.15) is 99.4 Å². The summed E-state index contributed by atoms with van der Waals surface area (Å²) in [5.41, 5.74) is 5.80. The summed E-state index contributed by atoms with van der Waals surface area (Å²) in [4.78, 5) is 0. The van der Waals surface area contributed by atoms with E-state index < -0.39 is 42.3 Å². The molecule has 4 nitrogen and oxygen atoms in total. The van der Waals surface area contributed by atoms with Crippen molar-refractivity contribution in [3.63, 3.8) is 0 Å². The molecule has 2 atom stereocenters. The van der Waals surface area contributed by atoms with Gasteiger partial charge in [0, 0.05) is 0 Å². The zero-order valence-electron chi connectivity index (χ0n) is 20.5. The molecule has 0 spiro atoms. The standard InChI is InChI=1S/C20H46O4Si5.9CH4/c1-13-17-18-19-20-29(12,22-26(7,8)15-3)24-27(9,10)23-28(11,16-4)21-25(5,6)14-2;;;;;;;;;/h14-16H,2-4,13,17-20H2,1,5-12H3;9*1H4. The summed E-state index contributed by atoms with van der Waals surface area (Å²) in [5, 5.41) is 0. The van der Waals surface area contributed by atoms with Crippen molar-refractivity contribution in [3.05, 3.63) is 36.8 Å². The maximum Gasteiger partial charge on any atom is 0.342 e. The Balaban J connectivity index is -0.000000109. The molecule has 0 N–H and O–H groups in total. The van der Waals surface area contributed by atoms with Crippen LogP contribution in [0.25, 0.3) is 0 Å². The van der Waals surface area contributed by atoms with Gasteiger partial charge in [0.15, 0.2) is 16.6 Å². The van der Waals surface area contributed by atoms with Crippen LogP contribution < -0.4 is 0 Å². The van der Waals surface area contributed by atoms with Gasteiger partial charge in [-0.25, -0.2) is 0 Å². The van der Waals surface area contributed by atoms with Crippen LogP contribution in [0.4, 0.5) is 0 Å². The molecule has 0 fully saturated rings. The molecule has 2 unspecified atom stereocenters. The third-order valence-electron chi connectivity index (χ3n) is 4.69. The van der Waals surface area contributed by atoms with Gasteiger partial charge in [0.2, 0.25) is 0 Å². The Hall–Kier alpha value is 0.144. The van der Waals surface area contributed by atoms with E-state index in [-0.39, 0.29) is 66.8 Å². The summed E-state index contributed by atoms with van der Waals surface area (Å²) >= 11 is 0. The minimum atomic E-state index is -2.58. The second kappa shape index (κ2) is 27.3. The van der Waals surface area contributed by atoms with Gasteiger partial charge in [-0.1, -0.05) is 117 Å². The molecule has 0 rings (SSSR count). The molecule has 0 aromatic heterocycles. The fraction of sp³-hybridized carbons (Fsp3) is 0.793. The molecule has 0 aromatic carbocycles. The van der Waals surface area contributed by atoms with Crippen molar-refractivity contribution in [2.45, 2.75) is 158 Å². The largest absolute Gasteiger partial charge is 0.433 e. The highest BCUT2D eigenvalue weighted by Crippen LogP contribution is 2.30. The SMILES string of the molecule is C.C.C.C.C.C.C.C.C.C=C[Si](C)(C)O[Si](C)(C=C)O[Si](C)(C)O[Si](C)(CCCCCC)O[Si](C)(C)C=C. The highest BCUT2D eigenvalue weighted by atomic mass is 28.5. The molecule has 0 aliphatic carbocycles. The lowest BCUT2D eigenvalue weighted by Gasteiger charge is -2.43. The van der Waals surface area contributed by atoms with Crippen LogP contribution in [-0.4, -0.2) is 42.3 Å². The second-order valence-electron chi connectivity index (χ2n) is 9.59. The Morgan fingerprint density at radius 1 is 0.500 bits per heavy atom. The van der Waals surface area contributed by atoms with Crippen molar-refractivity contribution >= 4 is 42.3 Å².